The van der Waals surface area contributed by atoms with E-state index in [1.807, 2.05) is 0 Å². The molecule has 1 aromatic carbocycles. The van der Waals surface area contributed by atoms with Gasteiger partial charge in [0.25, 0.3) is 11.1 Å². The standard InChI is InChI=1S/C20H22FN5O3S3/c1-12(2)10-23-18-24-25-19(32-18)30-11-16(27)22-7-8-26-17(28)15(31-20(26)29)9-13-5-3-4-6-14(13)21/h3-6,9,12H,7-8,10-11H2,1-2H3,(H,22,27)(H,23,24)/b15-9-. The van der Waals surface area contributed by atoms with Gasteiger partial charge in [-0.15, -0.1) is 10.2 Å². The second-order valence-corrected chi connectivity index (χ2v) is 10.3. The van der Waals surface area contributed by atoms with Gasteiger partial charge >= 0.3 is 0 Å². The second kappa shape index (κ2) is 11.4. The molecule has 2 heterocycles. The summed E-state index contributed by atoms with van der Waals surface area (Å²) in [6, 6.07) is 6.02. The Hall–Kier alpha value is -2.44. The van der Waals surface area contributed by atoms with Crippen LogP contribution in [0.15, 0.2) is 33.5 Å². The van der Waals surface area contributed by atoms with Gasteiger partial charge in [0.2, 0.25) is 11.0 Å². The Morgan fingerprint density at radius 3 is 2.81 bits per heavy atom. The van der Waals surface area contributed by atoms with Gasteiger partial charge in [-0.3, -0.25) is 19.3 Å². The molecule has 1 saturated heterocycles. The number of amides is 3. The van der Waals surface area contributed by atoms with E-state index in [1.165, 1.54) is 41.3 Å². The van der Waals surface area contributed by atoms with E-state index in [0.29, 0.717) is 15.4 Å². The molecular formula is C20H22FN5O3S3. The van der Waals surface area contributed by atoms with Crippen molar-refractivity contribution in [1.29, 1.82) is 0 Å². The monoisotopic (exact) mass is 495 g/mol. The molecule has 0 bridgehead atoms. The second-order valence-electron chi connectivity index (χ2n) is 7.14. The molecule has 0 spiro atoms. The third-order valence-electron chi connectivity index (χ3n) is 4.12. The highest BCUT2D eigenvalue weighted by Gasteiger charge is 2.34. The zero-order chi connectivity index (χ0) is 23.1. The molecule has 0 unspecified atom stereocenters. The van der Waals surface area contributed by atoms with E-state index in [0.717, 1.165) is 23.2 Å². The fraction of sp³-hybridized carbons (Fsp3) is 0.350. The maximum atomic E-state index is 13.8. The number of imide groups is 1. The molecule has 0 aliphatic carbocycles. The van der Waals surface area contributed by atoms with Gasteiger partial charge in [-0.2, -0.15) is 0 Å². The number of carbonyl (C=O) groups is 3. The summed E-state index contributed by atoms with van der Waals surface area (Å²) >= 11 is 3.40. The third-order valence-corrected chi connectivity index (χ3v) is 7.04. The van der Waals surface area contributed by atoms with E-state index < -0.39 is 17.0 Å². The quantitative estimate of drug-likeness (QED) is 0.380. The van der Waals surface area contributed by atoms with Crippen molar-refractivity contribution in [3.05, 3.63) is 40.6 Å². The summed E-state index contributed by atoms with van der Waals surface area (Å²) in [6.07, 6.45) is 1.36. The van der Waals surface area contributed by atoms with E-state index in [9.17, 15) is 18.8 Å². The van der Waals surface area contributed by atoms with E-state index >= 15 is 0 Å². The van der Waals surface area contributed by atoms with Crippen LogP contribution < -0.4 is 10.6 Å². The highest BCUT2D eigenvalue weighted by atomic mass is 32.2. The lowest BCUT2D eigenvalue weighted by molar-refractivity contribution is -0.123. The molecule has 32 heavy (non-hydrogen) atoms. The van der Waals surface area contributed by atoms with Gasteiger partial charge in [-0.25, -0.2) is 4.39 Å². The Bertz CT molecular complexity index is 1030. The van der Waals surface area contributed by atoms with Crippen LogP contribution in [0.2, 0.25) is 0 Å². The minimum absolute atomic E-state index is 0.0394. The van der Waals surface area contributed by atoms with Crippen molar-refractivity contribution in [1.82, 2.24) is 20.4 Å². The van der Waals surface area contributed by atoms with Gasteiger partial charge in [-0.1, -0.05) is 55.1 Å². The Morgan fingerprint density at radius 1 is 1.28 bits per heavy atom. The first-order valence-electron chi connectivity index (χ1n) is 9.80. The molecular weight excluding hydrogens is 473 g/mol. The van der Waals surface area contributed by atoms with Crippen molar-refractivity contribution < 1.29 is 18.8 Å². The summed E-state index contributed by atoms with van der Waals surface area (Å²) in [6.45, 7) is 5.15. The maximum absolute atomic E-state index is 13.8. The van der Waals surface area contributed by atoms with Crippen molar-refractivity contribution in [2.24, 2.45) is 5.92 Å². The molecule has 0 saturated carbocycles. The van der Waals surface area contributed by atoms with Crippen LogP contribution in [0.1, 0.15) is 19.4 Å². The van der Waals surface area contributed by atoms with Crippen molar-refractivity contribution >= 4 is 63.1 Å². The van der Waals surface area contributed by atoms with Crippen molar-refractivity contribution in [3.8, 4) is 0 Å². The van der Waals surface area contributed by atoms with Crippen LogP contribution >= 0.6 is 34.9 Å². The minimum Gasteiger partial charge on any atom is -0.360 e. The number of aromatic nitrogens is 2. The average Bonchev–Trinajstić information content (AvgIpc) is 3.32. The molecule has 1 aromatic heterocycles. The lowest BCUT2D eigenvalue weighted by Gasteiger charge is -2.12. The fourth-order valence-electron chi connectivity index (χ4n) is 2.54. The SMILES string of the molecule is CC(C)CNc1nnc(SCC(=O)NCCN2C(=O)S/C(=C\c3ccccc3F)C2=O)s1. The summed E-state index contributed by atoms with van der Waals surface area (Å²) < 4.78 is 14.5. The van der Waals surface area contributed by atoms with Crippen LogP contribution in [0.5, 0.6) is 0 Å². The van der Waals surface area contributed by atoms with Crippen LogP contribution in [0.3, 0.4) is 0 Å². The summed E-state index contributed by atoms with van der Waals surface area (Å²) in [5, 5.41) is 14.2. The number of anilines is 1. The van der Waals surface area contributed by atoms with Crippen LogP contribution in [0.4, 0.5) is 14.3 Å². The number of nitrogens with zero attached hydrogens (tertiary/aromatic N) is 3. The smallest absolute Gasteiger partial charge is 0.293 e. The average molecular weight is 496 g/mol. The number of halogens is 1. The fourth-order valence-corrected chi connectivity index (χ4v) is 4.99. The van der Waals surface area contributed by atoms with E-state index in [1.54, 1.807) is 12.1 Å². The molecule has 3 rings (SSSR count). The summed E-state index contributed by atoms with van der Waals surface area (Å²) in [5.74, 6) is -0.576. The van der Waals surface area contributed by atoms with E-state index in [4.69, 9.17) is 0 Å². The molecule has 0 atom stereocenters. The summed E-state index contributed by atoms with van der Waals surface area (Å²) in [5.41, 5.74) is 0.238. The van der Waals surface area contributed by atoms with E-state index in [-0.39, 0.29) is 35.2 Å². The first kappa shape index (κ1) is 24.2. The van der Waals surface area contributed by atoms with Gasteiger partial charge < -0.3 is 10.6 Å². The molecule has 8 nitrogen and oxygen atoms in total. The van der Waals surface area contributed by atoms with E-state index in [2.05, 4.69) is 34.7 Å². The third kappa shape index (κ3) is 6.78. The first-order chi connectivity index (χ1) is 15.3. The number of carbonyl (C=O) groups excluding carboxylic acids is 3. The zero-order valence-electron chi connectivity index (χ0n) is 17.5. The number of rotatable bonds is 10. The zero-order valence-corrected chi connectivity index (χ0v) is 19.9. The van der Waals surface area contributed by atoms with Gasteiger partial charge in [0.15, 0.2) is 4.34 Å². The summed E-state index contributed by atoms with van der Waals surface area (Å²) in [4.78, 5) is 37.9. The van der Waals surface area contributed by atoms with Gasteiger partial charge in [0.05, 0.1) is 10.7 Å². The molecule has 3 amide bonds. The lowest BCUT2D eigenvalue weighted by atomic mass is 10.2. The number of nitrogens with one attached hydrogen (secondary N) is 2. The number of hydrogen-bond donors (Lipinski definition) is 2. The highest BCUT2D eigenvalue weighted by molar-refractivity contribution is 8.18. The molecule has 2 aromatic rings. The van der Waals surface area contributed by atoms with Gasteiger partial charge in [0, 0.05) is 25.2 Å². The predicted octanol–water partition coefficient (Wildman–Crippen LogP) is 3.69. The molecule has 1 aliphatic rings. The molecule has 0 radical (unpaired) electrons. The lowest BCUT2D eigenvalue weighted by Crippen LogP contribution is -2.37. The molecule has 12 heteroatoms. The Morgan fingerprint density at radius 2 is 2.06 bits per heavy atom. The van der Waals surface area contributed by atoms with Crippen LogP contribution in [-0.2, 0) is 9.59 Å². The van der Waals surface area contributed by atoms with Crippen molar-refractivity contribution in [2.45, 2.75) is 18.2 Å². The van der Waals surface area contributed by atoms with Crippen molar-refractivity contribution in [2.75, 3.05) is 30.7 Å². The predicted molar refractivity (Wildman–Crippen MR) is 126 cm³/mol. The number of hydrogen-bond acceptors (Lipinski definition) is 9. The molecule has 2 N–H and O–H groups in total. The largest absolute Gasteiger partial charge is 0.360 e. The molecule has 1 fully saturated rings. The number of benzene rings is 1. The van der Waals surface area contributed by atoms with Crippen LogP contribution in [0, 0.1) is 11.7 Å². The highest BCUT2D eigenvalue weighted by Crippen LogP contribution is 2.32. The van der Waals surface area contributed by atoms with Gasteiger partial charge in [0.1, 0.15) is 5.82 Å². The van der Waals surface area contributed by atoms with Crippen LogP contribution in [0.25, 0.3) is 6.08 Å². The molecule has 170 valence electrons. The minimum atomic E-state index is -0.498. The van der Waals surface area contributed by atoms with Crippen molar-refractivity contribution in [3.63, 3.8) is 0 Å². The summed E-state index contributed by atoms with van der Waals surface area (Å²) in [7, 11) is 0. The van der Waals surface area contributed by atoms with Crippen LogP contribution in [-0.4, -0.2) is 57.5 Å². The first-order valence-corrected chi connectivity index (χ1v) is 12.4. The Labute approximate surface area is 197 Å². The molecule has 1 aliphatic heterocycles. The number of thioether (sulfide) groups is 2. The maximum Gasteiger partial charge on any atom is 0.293 e. The Kier molecular flexibility index (Phi) is 8.65. The normalized spacial score (nSPS) is 15.1. The van der Waals surface area contributed by atoms with Gasteiger partial charge in [-0.05, 0) is 29.8 Å². The topological polar surface area (TPSA) is 104 Å². The Balaban J connectivity index is 1.43.